The largest absolute Gasteiger partial charge is 0.748 e. The maximum Gasteiger partial charge on any atom is 0.105 e. The molecule has 2 nitrogen and oxygen atoms in total. The first-order chi connectivity index (χ1) is 7.72. The van der Waals surface area contributed by atoms with Crippen LogP contribution in [0.2, 0.25) is 0 Å². The average Bonchev–Trinajstić information content (AvgIpc) is 2.96. The molecule has 0 radical (unpaired) electrons. The van der Waals surface area contributed by atoms with E-state index in [2.05, 4.69) is 0 Å². The molecule has 17 heavy (non-hydrogen) atoms. The Morgan fingerprint density at radius 1 is 1.12 bits per heavy atom. The Morgan fingerprint density at radius 2 is 1.41 bits per heavy atom. The van der Waals surface area contributed by atoms with E-state index in [0.29, 0.717) is 0 Å². The summed E-state index contributed by atoms with van der Waals surface area (Å²) in [5.41, 5.74) is 0.796. The van der Waals surface area contributed by atoms with Crippen molar-refractivity contribution in [3.63, 3.8) is 0 Å². The predicted octanol–water partition coefficient (Wildman–Crippen LogP) is 3.01. The summed E-state index contributed by atoms with van der Waals surface area (Å²) in [7, 11) is 0. The first kappa shape index (κ1) is 18.2. The summed E-state index contributed by atoms with van der Waals surface area (Å²) in [6.45, 7) is 3.50. The van der Waals surface area contributed by atoms with Gasteiger partial charge < -0.3 is 40.2 Å². The van der Waals surface area contributed by atoms with Gasteiger partial charge >= 0.3 is 0 Å². The van der Waals surface area contributed by atoms with Gasteiger partial charge in [-0.1, -0.05) is 5.56 Å². The fraction of sp³-hybridized carbons (Fsp3) is 0.214. The molecule has 0 saturated carbocycles. The summed E-state index contributed by atoms with van der Waals surface area (Å²) < 4.78 is 0. The minimum absolute atomic E-state index is 0. The summed E-state index contributed by atoms with van der Waals surface area (Å²) in [5, 5.41) is 7.57. The molecule has 0 aliphatic carbocycles. The number of aliphatic hydroxyl groups is 1. The number of hydrogen-bond donors (Lipinski definition) is 1. The first-order valence-electron chi connectivity index (χ1n) is 5.22. The second-order valence-corrected chi connectivity index (χ2v) is 3.01. The van der Waals surface area contributed by atoms with E-state index in [1.807, 2.05) is 54.6 Å². The van der Waals surface area contributed by atoms with Crippen molar-refractivity contribution in [1.29, 1.82) is 0 Å². The Morgan fingerprint density at radius 3 is 1.59 bits per heavy atom. The third-order valence-corrected chi connectivity index (χ3v) is 1.62. The standard InChI is InChI=1S/C7H7O.C5H5.C2H6O.Fe/c1-6(8)7-4-2-3-5-7;1-2-4-5-3-1;1-2-3;/h2-5H,1H3;1-5H;3H,2H2,1H3;/q-1;-5;;. The second-order valence-electron chi connectivity index (χ2n) is 3.01. The van der Waals surface area contributed by atoms with Crippen LogP contribution in [-0.4, -0.2) is 17.5 Å². The van der Waals surface area contributed by atoms with Gasteiger partial charge in [0.25, 0.3) is 0 Å². The molecule has 2 rings (SSSR count). The molecule has 0 saturated heterocycles. The first-order valence-corrected chi connectivity index (χ1v) is 5.22. The van der Waals surface area contributed by atoms with Crippen LogP contribution in [0.4, 0.5) is 0 Å². The molecule has 2 aromatic rings. The summed E-state index contributed by atoms with van der Waals surface area (Å²) in [6.07, 6.45) is 0. The van der Waals surface area contributed by atoms with Crippen LogP contribution in [0.3, 0.4) is 0 Å². The maximum absolute atomic E-state index is 10.5. The predicted molar refractivity (Wildman–Crippen MR) is 66.8 cm³/mol. The van der Waals surface area contributed by atoms with Crippen molar-refractivity contribution in [2.24, 2.45) is 0 Å². The Hall–Kier alpha value is -1.15. The summed E-state index contributed by atoms with van der Waals surface area (Å²) in [6, 6.07) is 17.3. The van der Waals surface area contributed by atoms with Gasteiger partial charge in [-0.05, 0) is 13.8 Å². The number of aliphatic hydroxyl groups excluding tert-OH is 1. The fourth-order valence-corrected chi connectivity index (χ4v) is 0.929. The van der Waals surface area contributed by atoms with Crippen LogP contribution in [0.5, 0.6) is 0 Å². The zero-order valence-corrected chi connectivity index (χ0v) is 11.2. The van der Waals surface area contributed by atoms with Crippen LogP contribution in [-0.2, 0) is 17.1 Å². The van der Waals surface area contributed by atoms with Crippen LogP contribution in [0.25, 0.3) is 0 Å². The molecule has 0 fully saturated rings. The minimum atomic E-state index is 0. The molecule has 0 bridgehead atoms. The van der Waals surface area contributed by atoms with E-state index in [0.717, 1.165) is 5.56 Å². The molecule has 0 aliphatic rings. The molecule has 0 atom stereocenters. The molecule has 0 aliphatic heterocycles. The van der Waals surface area contributed by atoms with Crippen molar-refractivity contribution in [2.45, 2.75) is 13.8 Å². The molecule has 2 aromatic carbocycles. The normalized spacial score (nSPS) is 7.71. The number of Topliss-reactive ketones (excluding diaryl/α,β-unsaturated/α-hetero) is 1. The molecule has 3 heteroatoms. The maximum atomic E-state index is 10.5. The average molecular weight is 274 g/mol. The third kappa shape index (κ3) is 11.1. The number of carbonyl (C=O) groups is 1. The fourth-order valence-electron chi connectivity index (χ4n) is 0.929. The number of carbonyl (C=O) groups excluding carboxylic acids is 1. The summed E-state index contributed by atoms with van der Waals surface area (Å²) in [4.78, 5) is 10.5. The van der Waals surface area contributed by atoms with E-state index < -0.39 is 0 Å². The van der Waals surface area contributed by atoms with Gasteiger partial charge in [-0.25, -0.2) is 12.1 Å². The van der Waals surface area contributed by atoms with Gasteiger partial charge in [-0.3, -0.25) is 0 Å². The molecule has 0 heterocycles. The van der Waals surface area contributed by atoms with Gasteiger partial charge in [-0.15, -0.1) is 0 Å². The molecular weight excluding hydrogens is 256 g/mol. The van der Waals surface area contributed by atoms with Gasteiger partial charge in [0, 0.05) is 23.7 Å². The van der Waals surface area contributed by atoms with E-state index >= 15 is 0 Å². The zero-order valence-electron chi connectivity index (χ0n) is 10.1. The molecule has 0 amide bonds. The van der Waals surface area contributed by atoms with Gasteiger partial charge in [0.05, 0.1) is 0 Å². The Balaban J connectivity index is 0. The van der Waals surface area contributed by atoms with Gasteiger partial charge in [0.1, 0.15) is 5.78 Å². The van der Waals surface area contributed by atoms with E-state index in [9.17, 15) is 4.79 Å². The third-order valence-electron chi connectivity index (χ3n) is 1.62. The van der Waals surface area contributed by atoms with Crippen LogP contribution in [0, 0.1) is 0 Å². The van der Waals surface area contributed by atoms with Crippen molar-refractivity contribution in [1.82, 2.24) is 0 Å². The van der Waals surface area contributed by atoms with Crippen molar-refractivity contribution in [2.75, 3.05) is 6.61 Å². The Kier molecular flexibility index (Phi) is 13.8. The van der Waals surface area contributed by atoms with E-state index in [-0.39, 0.29) is 29.5 Å². The van der Waals surface area contributed by atoms with Crippen molar-refractivity contribution >= 4 is 5.78 Å². The van der Waals surface area contributed by atoms with Crippen LogP contribution in [0.15, 0.2) is 54.6 Å². The molecule has 0 aromatic heterocycles. The van der Waals surface area contributed by atoms with Crippen LogP contribution < -0.4 is 0 Å². The van der Waals surface area contributed by atoms with Gasteiger partial charge in [-0.2, -0.15) is 12.1 Å². The molecular formula is C14H18FeO2-6. The van der Waals surface area contributed by atoms with E-state index in [1.165, 1.54) is 0 Å². The van der Waals surface area contributed by atoms with E-state index in [1.54, 1.807) is 13.8 Å². The number of ketones is 1. The monoisotopic (exact) mass is 274 g/mol. The SMILES string of the molecule is CC(=O)[c-]1cccc1.CCO.[Fe].[cH-]1[cH-][cH-][cH-][cH-]1. The number of hydrogen-bond acceptors (Lipinski definition) is 2. The molecule has 100 valence electrons. The molecule has 1 N–H and O–H groups in total. The van der Waals surface area contributed by atoms with Crippen LogP contribution in [0.1, 0.15) is 24.2 Å². The topological polar surface area (TPSA) is 37.3 Å². The van der Waals surface area contributed by atoms with Gasteiger partial charge in [0.15, 0.2) is 0 Å². The Bertz CT molecular complexity index is 319. The second kappa shape index (κ2) is 12.9. The quantitative estimate of drug-likeness (QED) is 0.493. The Labute approximate surface area is 113 Å². The van der Waals surface area contributed by atoms with Gasteiger partial charge in [0.2, 0.25) is 0 Å². The molecule has 0 unspecified atom stereocenters. The number of rotatable bonds is 1. The van der Waals surface area contributed by atoms with Crippen molar-refractivity contribution < 1.29 is 27.0 Å². The minimum Gasteiger partial charge on any atom is -0.748 e. The zero-order chi connectivity index (χ0) is 12.2. The molecule has 0 spiro atoms. The smallest absolute Gasteiger partial charge is 0.105 e. The summed E-state index contributed by atoms with van der Waals surface area (Å²) in [5.74, 6) is 0.134. The van der Waals surface area contributed by atoms with Crippen molar-refractivity contribution in [3.05, 3.63) is 60.2 Å². The summed E-state index contributed by atoms with van der Waals surface area (Å²) >= 11 is 0. The van der Waals surface area contributed by atoms with Crippen molar-refractivity contribution in [3.8, 4) is 0 Å². The van der Waals surface area contributed by atoms with E-state index in [4.69, 9.17) is 5.11 Å². The van der Waals surface area contributed by atoms with Crippen LogP contribution >= 0.6 is 0 Å².